The first kappa shape index (κ1) is 9.34. The zero-order chi connectivity index (χ0) is 9.68. The van der Waals surface area contributed by atoms with Crippen molar-refractivity contribution in [1.29, 1.82) is 0 Å². The van der Waals surface area contributed by atoms with Crippen molar-refractivity contribution in [3.05, 3.63) is 29.8 Å². The van der Waals surface area contributed by atoms with E-state index in [1.54, 1.807) is 18.2 Å². The van der Waals surface area contributed by atoms with Gasteiger partial charge < -0.3 is 4.74 Å². The van der Waals surface area contributed by atoms with Gasteiger partial charge in [0, 0.05) is 0 Å². The molecule has 0 unspecified atom stereocenters. The third-order valence-electron chi connectivity index (χ3n) is 1.67. The Labute approximate surface area is 77.5 Å². The highest BCUT2D eigenvalue weighted by Crippen LogP contribution is 2.18. The van der Waals surface area contributed by atoms with E-state index in [0.29, 0.717) is 11.3 Å². The molecule has 0 heterocycles. The van der Waals surface area contributed by atoms with E-state index in [1.165, 1.54) is 7.11 Å². The molecule has 0 aliphatic rings. The molecule has 0 amide bonds. The van der Waals surface area contributed by atoms with Crippen LogP contribution in [0.4, 0.5) is 0 Å². The molecule has 2 heteroatoms. The van der Waals surface area contributed by atoms with Crippen molar-refractivity contribution in [2.75, 3.05) is 7.11 Å². The van der Waals surface area contributed by atoms with Crippen LogP contribution in [0, 0.1) is 12.3 Å². The number of Topliss-reactive ketones (excluding diaryl/α,β-unsaturated/α-hetero) is 1. The molecule has 2 nitrogen and oxygen atoms in total. The number of ether oxygens (including phenoxy) is 1. The number of hydrogen-bond acceptors (Lipinski definition) is 2. The first-order chi connectivity index (χ1) is 6.29. The predicted octanol–water partition coefficient (Wildman–Crippen LogP) is 1.90. The Hall–Kier alpha value is -1.75. The lowest BCUT2D eigenvalue weighted by Crippen LogP contribution is -2.00. The summed E-state index contributed by atoms with van der Waals surface area (Å²) in [6, 6.07) is 7.04. The Morgan fingerprint density at radius 2 is 2.23 bits per heavy atom. The Morgan fingerprint density at radius 1 is 1.54 bits per heavy atom. The number of hydrogen-bond donors (Lipinski definition) is 0. The van der Waals surface area contributed by atoms with E-state index in [0.717, 1.165) is 0 Å². The second-order valence-electron chi connectivity index (χ2n) is 2.50. The molecule has 0 N–H and O–H groups in total. The maximum atomic E-state index is 11.4. The van der Waals surface area contributed by atoms with Crippen molar-refractivity contribution in [3.63, 3.8) is 0 Å². The Morgan fingerprint density at radius 3 is 2.85 bits per heavy atom. The first-order valence-electron chi connectivity index (χ1n) is 3.89. The van der Waals surface area contributed by atoms with E-state index < -0.39 is 0 Å². The molecule has 0 bridgehead atoms. The van der Waals surface area contributed by atoms with Crippen molar-refractivity contribution in [2.24, 2.45) is 0 Å². The van der Waals surface area contributed by atoms with Crippen LogP contribution in [0.2, 0.25) is 0 Å². The van der Waals surface area contributed by atoms with Gasteiger partial charge in [0.1, 0.15) is 5.75 Å². The molecule has 0 fully saturated rings. The van der Waals surface area contributed by atoms with Crippen molar-refractivity contribution < 1.29 is 9.53 Å². The summed E-state index contributed by atoms with van der Waals surface area (Å²) in [5.41, 5.74) is 0.544. The normalized spacial score (nSPS) is 8.92. The largest absolute Gasteiger partial charge is 0.496 e. The molecule has 0 saturated carbocycles. The third-order valence-corrected chi connectivity index (χ3v) is 1.67. The minimum atomic E-state index is -0.0834. The van der Waals surface area contributed by atoms with E-state index in [4.69, 9.17) is 11.2 Å². The maximum absolute atomic E-state index is 11.4. The molecule has 0 spiro atoms. The fourth-order valence-corrected chi connectivity index (χ4v) is 1.06. The molecule has 0 radical (unpaired) electrons. The maximum Gasteiger partial charge on any atom is 0.178 e. The van der Waals surface area contributed by atoms with Crippen LogP contribution in [0.5, 0.6) is 5.75 Å². The highest BCUT2D eigenvalue weighted by Gasteiger charge is 2.08. The molecule has 1 aromatic carbocycles. The summed E-state index contributed by atoms with van der Waals surface area (Å²) >= 11 is 0. The van der Waals surface area contributed by atoms with Crippen LogP contribution < -0.4 is 4.74 Å². The fourth-order valence-electron chi connectivity index (χ4n) is 1.06. The first-order valence-corrected chi connectivity index (χ1v) is 3.89. The average Bonchev–Trinajstić information content (AvgIpc) is 2.18. The van der Waals surface area contributed by atoms with Gasteiger partial charge in [-0.05, 0) is 12.1 Å². The van der Waals surface area contributed by atoms with Gasteiger partial charge in [-0.2, -0.15) is 0 Å². The topological polar surface area (TPSA) is 26.3 Å². The summed E-state index contributed by atoms with van der Waals surface area (Å²) in [5.74, 6) is 2.80. The number of ketones is 1. The summed E-state index contributed by atoms with van der Waals surface area (Å²) in [6.07, 6.45) is 5.16. The van der Waals surface area contributed by atoms with Gasteiger partial charge in [-0.15, -0.1) is 6.42 Å². The number of methoxy groups -OCH3 is 1. The van der Waals surface area contributed by atoms with Crippen LogP contribution in [0.25, 0.3) is 0 Å². The van der Waals surface area contributed by atoms with E-state index in [2.05, 4.69) is 5.92 Å². The van der Waals surface area contributed by atoms with Crippen LogP contribution in [-0.2, 0) is 0 Å². The lowest BCUT2D eigenvalue weighted by atomic mass is 10.1. The van der Waals surface area contributed by atoms with Crippen LogP contribution in [0.15, 0.2) is 24.3 Å². The molecule has 66 valence electrons. The van der Waals surface area contributed by atoms with E-state index in [1.807, 2.05) is 6.07 Å². The van der Waals surface area contributed by atoms with Gasteiger partial charge >= 0.3 is 0 Å². The van der Waals surface area contributed by atoms with Crippen LogP contribution >= 0.6 is 0 Å². The zero-order valence-corrected chi connectivity index (χ0v) is 7.41. The lowest BCUT2D eigenvalue weighted by molar-refractivity contribution is 0.0995. The molecule has 0 aliphatic carbocycles. The molecule has 0 atom stereocenters. The molecule has 0 saturated heterocycles. The highest BCUT2D eigenvalue weighted by atomic mass is 16.5. The molecular weight excluding hydrogens is 164 g/mol. The summed E-state index contributed by atoms with van der Waals surface area (Å²) < 4.78 is 5.02. The number of carbonyl (C=O) groups is 1. The van der Waals surface area contributed by atoms with Gasteiger partial charge in [0.15, 0.2) is 5.78 Å². The summed E-state index contributed by atoms with van der Waals surface area (Å²) in [4.78, 5) is 11.4. The predicted molar refractivity (Wildman–Crippen MR) is 50.8 cm³/mol. The van der Waals surface area contributed by atoms with Crippen LogP contribution in [0.3, 0.4) is 0 Å². The molecule has 0 aliphatic heterocycles. The minimum Gasteiger partial charge on any atom is -0.496 e. The zero-order valence-electron chi connectivity index (χ0n) is 7.41. The number of para-hydroxylation sites is 1. The number of carbonyl (C=O) groups excluding carboxylic acids is 1. The molecule has 13 heavy (non-hydrogen) atoms. The Bertz CT molecular complexity index is 347. The fraction of sp³-hybridized carbons (Fsp3) is 0.182. The van der Waals surface area contributed by atoms with Gasteiger partial charge in [-0.25, -0.2) is 0 Å². The second-order valence-corrected chi connectivity index (χ2v) is 2.50. The third kappa shape index (κ3) is 2.09. The quantitative estimate of drug-likeness (QED) is 0.516. The van der Waals surface area contributed by atoms with Gasteiger partial charge in [-0.1, -0.05) is 18.1 Å². The summed E-state index contributed by atoms with van der Waals surface area (Å²) in [5, 5.41) is 0. The summed E-state index contributed by atoms with van der Waals surface area (Å²) in [7, 11) is 1.53. The number of rotatable bonds is 3. The molecule has 1 rings (SSSR count). The van der Waals surface area contributed by atoms with E-state index >= 15 is 0 Å². The molecule has 1 aromatic rings. The molecule has 0 aromatic heterocycles. The van der Waals surface area contributed by atoms with Crippen molar-refractivity contribution in [2.45, 2.75) is 6.42 Å². The van der Waals surface area contributed by atoms with Gasteiger partial charge in [0.25, 0.3) is 0 Å². The Kier molecular flexibility index (Phi) is 3.10. The monoisotopic (exact) mass is 174 g/mol. The number of terminal acetylenes is 1. The highest BCUT2D eigenvalue weighted by molar-refractivity contribution is 5.99. The molecular formula is C11H10O2. The SMILES string of the molecule is C#CCC(=O)c1ccccc1OC. The van der Waals surface area contributed by atoms with Gasteiger partial charge in [-0.3, -0.25) is 4.79 Å². The van der Waals surface area contributed by atoms with Gasteiger partial charge in [0.2, 0.25) is 0 Å². The number of benzene rings is 1. The van der Waals surface area contributed by atoms with Gasteiger partial charge in [0.05, 0.1) is 19.1 Å². The smallest absolute Gasteiger partial charge is 0.178 e. The Balaban J connectivity index is 3.00. The van der Waals surface area contributed by atoms with Crippen molar-refractivity contribution >= 4 is 5.78 Å². The van der Waals surface area contributed by atoms with E-state index in [9.17, 15) is 4.79 Å². The van der Waals surface area contributed by atoms with E-state index in [-0.39, 0.29) is 12.2 Å². The average molecular weight is 174 g/mol. The standard InChI is InChI=1S/C11H10O2/c1-3-6-10(12)9-7-4-5-8-11(9)13-2/h1,4-5,7-8H,6H2,2H3. The van der Waals surface area contributed by atoms with Crippen molar-refractivity contribution in [1.82, 2.24) is 0 Å². The minimum absolute atomic E-state index is 0.0834. The van der Waals surface area contributed by atoms with Crippen LogP contribution in [0.1, 0.15) is 16.8 Å². The second kappa shape index (κ2) is 4.32. The summed E-state index contributed by atoms with van der Waals surface area (Å²) in [6.45, 7) is 0. The van der Waals surface area contributed by atoms with Crippen molar-refractivity contribution in [3.8, 4) is 18.1 Å². The lowest BCUT2D eigenvalue weighted by Gasteiger charge is -2.04. The van der Waals surface area contributed by atoms with Crippen LogP contribution in [-0.4, -0.2) is 12.9 Å².